The third-order valence-corrected chi connectivity index (χ3v) is 1.47. The Labute approximate surface area is 61.0 Å². The third-order valence-electron chi connectivity index (χ3n) is 0.936. The van der Waals surface area contributed by atoms with Crippen molar-refractivity contribution in [1.29, 1.82) is 0 Å². The maximum Gasteiger partial charge on any atom is 0.181 e. The van der Waals surface area contributed by atoms with Gasteiger partial charge in [0.1, 0.15) is 0 Å². The van der Waals surface area contributed by atoms with E-state index in [2.05, 4.69) is 20.9 Å². The quantitative estimate of drug-likeness (QED) is 0.619. The first kappa shape index (κ1) is 6.68. The van der Waals surface area contributed by atoms with Gasteiger partial charge in [-0.1, -0.05) is 6.07 Å². The van der Waals surface area contributed by atoms with Gasteiger partial charge in [0, 0.05) is 18.0 Å². The summed E-state index contributed by atoms with van der Waals surface area (Å²) in [6.07, 6.45) is 3.10. The van der Waals surface area contributed by atoms with E-state index in [-0.39, 0.29) is 0 Å². The van der Waals surface area contributed by atoms with Crippen LogP contribution >= 0.6 is 15.9 Å². The fourth-order valence-corrected chi connectivity index (χ4v) is 0.776. The molecule has 1 unspecified atom stereocenters. The van der Waals surface area contributed by atoms with E-state index >= 15 is 0 Å². The average Bonchev–Trinajstić information content (AvgIpc) is 1.90. The molecule has 0 radical (unpaired) electrons. The molecule has 9 heavy (non-hydrogen) atoms. The van der Waals surface area contributed by atoms with Gasteiger partial charge >= 0.3 is 0 Å². The number of halogens is 2. The van der Waals surface area contributed by atoms with E-state index in [4.69, 9.17) is 0 Å². The molecule has 1 heterocycles. The lowest BCUT2D eigenvalue weighted by molar-refractivity contribution is 0.478. The Morgan fingerprint density at radius 2 is 2.44 bits per heavy atom. The zero-order chi connectivity index (χ0) is 6.69. The summed E-state index contributed by atoms with van der Waals surface area (Å²) in [4.78, 5) is 3.74. The summed E-state index contributed by atoms with van der Waals surface area (Å²) < 4.78 is 12.3. The molecule has 0 amide bonds. The van der Waals surface area contributed by atoms with Crippen molar-refractivity contribution in [2.75, 3.05) is 0 Å². The average molecular weight is 190 g/mol. The van der Waals surface area contributed by atoms with E-state index in [0.717, 1.165) is 0 Å². The monoisotopic (exact) mass is 189 g/mol. The molecule has 0 N–H and O–H groups in total. The predicted octanol–water partition coefficient (Wildman–Crippen LogP) is 2.44. The van der Waals surface area contributed by atoms with Crippen molar-refractivity contribution in [3.63, 3.8) is 0 Å². The summed E-state index contributed by atoms with van der Waals surface area (Å²) in [5, 5.41) is -1.09. The van der Waals surface area contributed by atoms with Gasteiger partial charge in [0.15, 0.2) is 5.08 Å². The van der Waals surface area contributed by atoms with Crippen molar-refractivity contribution < 1.29 is 4.39 Å². The second kappa shape index (κ2) is 2.92. The second-order valence-electron chi connectivity index (χ2n) is 1.59. The van der Waals surface area contributed by atoms with Crippen LogP contribution in [-0.4, -0.2) is 4.98 Å². The summed E-state index contributed by atoms with van der Waals surface area (Å²) in [5.41, 5.74) is 0.553. The topological polar surface area (TPSA) is 12.9 Å². The van der Waals surface area contributed by atoms with Gasteiger partial charge in [-0.3, -0.25) is 4.98 Å². The Kier molecular flexibility index (Phi) is 2.16. The molecular weight excluding hydrogens is 185 g/mol. The number of rotatable bonds is 1. The number of nitrogens with zero attached hydrogens (tertiary/aromatic N) is 1. The molecule has 1 aromatic heterocycles. The summed E-state index contributed by atoms with van der Waals surface area (Å²) in [5.74, 6) is 0. The van der Waals surface area contributed by atoms with Crippen molar-refractivity contribution in [1.82, 2.24) is 4.98 Å². The molecule has 0 aliphatic heterocycles. The molecule has 0 aliphatic carbocycles. The minimum absolute atomic E-state index is 0.553. The fraction of sp³-hybridized carbons (Fsp3) is 0.167. The van der Waals surface area contributed by atoms with Crippen LogP contribution in [-0.2, 0) is 0 Å². The number of pyridine rings is 1. The van der Waals surface area contributed by atoms with Crippen LogP contribution in [0.15, 0.2) is 24.5 Å². The fourth-order valence-electron chi connectivity index (χ4n) is 0.505. The maximum absolute atomic E-state index is 12.3. The van der Waals surface area contributed by atoms with Crippen LogP contribution in [0.5, 0.6) is 0 Å². The van der Waals surface area contributed by atoms with E-state index in [1.807, 2.05) is 0 Å². The molecule has 0 bridgehead atoms. The molecule has 48 valence electrons. The number of hydrogen-bond acceptors (Lipinski definition) is 1. The normalized spacial score (nSPS) is 13.1. The van der Waals surface area contributed by atoms with Crippen LogP contribution < -0.4 is 0 Å². The van der Waals surface area contributed by atoms with Gasteiger partial charge < -0.3 is 0 Å². The second-order valence-corrected chi connectivity index (χ2v) is 2.39. The molecule has 0 fully saturated rings. The van der Waals surface area contributed by atoms with Gasteiger partial charge in [-0.25, -0.2) is 4.39 Å². The number of alkyl halides is 2. The van der Waals surface area contributed by atoms with Crippen molar-refractivity contribution >= 4 is 15.9 Å². The molecule has 0 saturated heterocycles. The van der Waals surface area contributed by atoms with E-state index in [9.17, 15) is 4.39 Å². The van der Waals surface area contributed by atoms with Crippen molar-refractivity contribution in [2.24, 2.45) is 0 Å². The van der Waals surface area contributed by atoms with E-state index in [1.165, 1.54) is 6.20 Å². The van der Waals surface area contributed by atoms with Crippen molar-refractivity contribution in [3.8, 4) is 0 Å². The zero-order valence-electron chi connectivity index (χ0n) is 4.59. The lowest BCUT2D eigenvalue weighted by Gasteiger charge is -1.95. The van der Waals surface area contributed by atoms with E-state index < -0.39 is 5.08 Å². The minimum atomic E-state index is -1.09. The highest BCUT2D eigenvalue weighted by Gasteiger charge is 2.01. The molecule has 1 aromatic rings. The van der Waals surface area contributed by atoms with Crippen LogP contribution in [0.3, 0.4) is 0 Å². The number of hydrogen-bond donors (Lipinski definition) is 0. The summed E-state index contributed by atoms with van der Waals surface area (Å²) in [6, 6.07) is 3.37. The Hall–Kier alpha value is -0.440. The lowest BCUT2D eigenvalue weighted by Crippen LogP contribution is -1.80. The highest BCUT2D eigenvalue weighted by Crippen LogP contribution is 2.21. The van der Waals surface area contributed by atoms with Crippen LogP contribution in [0.1, 0.15) is 10.6 Å². The van der Waals surface area contributed by atoms with Crippen molar-refractivity contribution in [3.05, 3.63) is 30.1 Å². The molecule has 0 aromatic carbocycles. The standard InChI is InChI=1S/C6H5BrFN/c7-6(8)5-2-1-3-9-4-5/h1-4,6H. The predicted molar refractivity (Wildman–Crippen MR) is 37.0 cm³/mol. The van der Waals surface area contributed by atoms with Gasteiger partial charge in [-0.15, -0.1) is 0 Å². The van der Waals surface area contributed by atoms with Crippen LogP contribution in [0.2, 0.25) is 0 Å². The Balaban J connectivity index is 2.85. The SMILES string of the molecule is FC(Br)c1cccnc1. The van der Waals surface area contributed by atoms with Gasteiger partial charge in [0.05, 0.1) is 0 Å². The third kappa shape index (κ3) is 1.75. The molecular formula is C6H5BrFN. The zero-order valence-corrected chi connectivity index (χ0v) is 6.18. The Bertz CT molecular complexity index is 176. The summed E-state index contributed by atoms with van der Waals surface area (Å²) >= 11 is 2.78. The molecule has 1 nitrogen and oxygen atoms in total. The molecule has 1 atom stereocenters. The molecule has 3 heteroatoms. The van der Waals surface area contributed by atoms with Crippen LogP contribution in [0, 0.1) is 0 Å². The minimum Gasteiger partial charge on any atom is -0.264 e. The first-order valence-electron chi connectivity index (χ1n) is 2.49. The van der Waals surface area contributed by atoms with Gasteiger partial charge in [0.2, 0.25) is 0 Å². The van der Waals surface area contributed by atoms with Gasteiger partial charge in [-0.2, -0.15) is 0 Å². The van der Waals surface area contributed by atoms with Gasteiger partial charge in [0.25, 0.3) is 0 Å². The van der Waals surface area contributed by atoms with Crippen LogP contribution in [0.4, 0.5) is 4.39 Å². The number of aromatic nitrogens is 1. The highest BCUT2D eigenvalue weighted by molar-refractivity contribution is 9.09. The van der Waals surface area contributed by atoms with E-state index in [0.29, 0.717) is 5.56 Å². The first-order chi connectivity index (χ1) is 4.30. The van der Waals surface area contributed by atoms with Gasteiger partial charge in [-0.05, 0) is 22.0 Å². The molecule has 0 saturated carbocycles. The van der Waals surface area contributed by atoms with Crippen molar-refractivity contribution in [2.45, 2.75) is 5.08 Å². The Morgan fingerprint density at radius 3 is 2.78 bits per heavy atom. The highest BCUT2D eigenvalue weighted by atomic mass is 79.9. The molecule has 0 aliphatic rings. The first-order valence-corrected chi connectivity index (χ1v) is 3.40. The summed E-state index contributed by atoms with van der Waals surface area (Å²) in [6.45, 7) is 0. The Morgan fingerprint density at radius 1 is 1.67 bits per heavy atom. The largest absolute Gasteiger partial charge is 0.264 e. The van der Waals surface area contributed by atoms with Crippen LogP contribution in [0.25, 0.3) is 0 Å². The molecule has 1 rings (SSSR count). The molecule has 0 spiro atoms. The van der Waals surface area contributed by atoms with E-state index in [1.54, 1.807) is 18.3 Å². The smallest absolute Gasteiger partial charge is 0.181 e. The lowest BCUT2D eigenvalue weighted by atomic mass is 10.3. The summed E-state index contributed by atoms with van der Waals surface area (Å²) in [7, 11) is 0. The maximum atomic E-state index is 12.3.